The summed E-state index contributed by atoms with van der Waals surface area (Å²) in [6.45, 7) is 4.15. The average Bonchev–Trinajstić information content (AvgIpc) is 2.91. The number of rotatable bonds is 3. The number of likely N-dealkylation sites (N-methyl/N-ethyl adjacent to an activating group) is 1. The second-order valence-electron chi connectivity index (χ2n) is 7.08. The van der Waals surface area contributed by atoms with Gasteiger partial charge in [-0.2, -0.15) is 0 Å². The van der Waals surface area contributed by atoms with E-state index in [9.17, 15) is 13.9 Å². The van der Waals surface area contributed by atoms with Gasteiger partial charge >= 0.3 is 0 Å². The highest BCUT2D eigenvalue weighted by atomic mass is 19.1. The Balaban J connectivity index is 1.87. The van der Waals surface area contributed by atoms with E-state index in [2.05, 4.69) is 9.88 Å². The van der Waals surface area contributed by atoms with Crippen LogP contribution in [0.15, 0.2) is 30.5 Å². The molecule has 1 aliphatic rings. The maximum absolute atomic E-state index is 14.5. The van der Waals surface area contributed by atoms with E-state index >= 15 is 0 Å². The maximum atomic E-state index is 14.5. The molecule has 1 atom stereocenters. The van der Waals surface area contributed by atoms with Gasteiger partial charge in [0.05, 0.1) is 29.7 Å². The molecular weight excluding hydrogens is 352 g/mol. The van der Waals surface area contributed by atoms with Gasteiger partial charge in [0.25, 0.3) is 0 Å². The van der Waals surface area contributed by atoms with Gasteiger partial charge in [-0.1, -0.05) is 0 Å². The Labute approximate surface area is 155 Å². The highest BCUT2D eigenvalue weighted by molar-refractivity contribution is 5.69. The predicted molar refractivity (Wildman–Crippen MR) is 97.9 cm³/mol. The number of hydrogen-bond donors (Lipinski definition) is 1. The van der Waals surface area contributed by atoms with Crippen molar-refractivity contribution >= 4 is 5.65 Å². The van der Waals surface area contributed by atoms with E-state index in [0.717, 1.165) is 30.8 Å². The first-order valence-corrected chi connectivity index (χ1v) is 8.88. The van der Waals surface area contributed by atoms with E-state index < -0.39 is 17.4 Å². The van der Waals surface area contributed by atoms with Crippen molar-refractivity contribution in [3.05, 3.63) is 53.4 Å². The van der Waals surface area contributed by atoms with Crippen LogP contribution < -0.4 is 0 Å². The Bertz CT molecular complexity index is 979. The molecule has 1 N–H and O–H groups in total. The number of phenolic OH excluding ortho intramolecular Hbond substituents is 1. The summed E-state index contributed by atoms with van der Waals surface area (Å²) in [7, 11) is 2.02. The fraction of sp³-hybridized carbons (Fsp3) is 0.350. The highest BCUT2D eigenvalue weighted by Gasteiger charge is 2.26. The van der Waals surface area contributed by atoms with Gasteiger partial charge in [0.15, 0.2) is 0 Å². The third-order valence-corrected chi connectivity index (χ3v) is 4.91. The smallest absolute Gasteiger partial charge is 0.139 e. The van der Waals surface area contributed by atoms with Crippen LogP contribution >= 0.6 is 0 Å². The van der Waals surface area contributed by atoms with Crippen molar-refractivity contribution in [3.8, 4) is 17.0 Å². The summed E-state index contributed by atoms with van der Waals surface area (Å²) in [4.78, 5) is 6.68. The Morgan fingerprint density at radius 1 is 1.26 bits per heavy atom. The average molecular weight is 373 g/mol. The van der Waals surface area contributed by atoms with Gasteiger partial charge in [-0.3, -0.25) is 0 Å². The van der Waals surface area contributed by atoms with Crippen molar-refractivity contribution in [3.63, 3.8) is 0 Å². The quantitative estimate of drug-likeness (QED) is 0.766. The van der Waals surface area contributed by atoms with Crippen LogP contribution in [0.25, 0.3) is 16.9 Å². The molecule has 2 aromatic heterocycles. The van der Waals surface area contributed by atoms with Crippen molar-refractivity contribution < 1.29 is 18.6 Å². The third kappa shape index (κ3) is 3.40. The zero-order chi connectivity index (χ0) is 19.1. The number of aromatic nitrogens is 2. The summed E-state index contributed by atoms with van der Waals surface area (Å²) >= 11 is 0. The molecule has 0 bridgehead atoms. The van der Waals surface area contributed by atoms with E-state index in [4.69, 9.17) is 4.74 Å². The molecule has 1 aromatic carbocycles. The molecule has 0 radical (unpaired) electrons. The van der Waals surface area contributed by atoms with Crippen LogP contribution in [-0.4, -0.2) is 52.2 Å². The molecule has 1 aliphatic heterocycles. The zero-order valence-corrected chi connectivity index (χ0v) is 15.2. The van der Waals surface area contributed by atoms with E-state index in [1.807, 2.05) is 36.7 Å². The number of aryl methyl sites for hydroxylation is 1. The Morgan fingerprint density at radius 3 is 2.70 bits per heavy atom. The van der Waals surface area contributed by atoms with Gasteiger partial charge in [-0.15, -0.1) is 0 Å². The molecule has 0 amide bonds. The summed E-state index contributed by atoms with van der Waals surface area (Å²) in [5, 5.41) is 9.47. The largest absolute Gasteiger partial charge is 0.508 e. The molecule has 1 saturated heterocycles. The molecule has 27 heavy (non-hydrogen) atoms. The zero-order valence-electron chi connectivity index (χ0n) is 15.2. The fourth-order valence-corrected chi connectivity index (χ4v) is 3.58. The molecule has 3 aromatic rings. The summed E-state index contributed by atoms with van der Waals surface area (Å²) in [5.74, 6) is -2.13. The molecule has 5 nitrogen and oxygen atoms in total. The number of nitrogens with zero attached hydrogens (tertiary/aromatic N) is 3. The Morgan fingerprint density at radius 2 is 2.00 bits per heavy atom. The van der Waals surface area contributed by atoms with Crippen molar-refractivity contribution in [2.24, 2.45) is 0 Å². The van der Waals surface area contributed by atoms with Crippen LogP contribution in [0, 0.1) is 18.6 Å². The summed E-state index contributed by atoms with van der Waals surface area (Å²) in [6, 6.07) is 5.61. The maximum Gasteiger partial charge on any atom is 0.139 e. The van der Waals surface area contributed by atoms with Gasteiger partial charge < -0.3 is 19.1 Å². The first-order chi connectivity index (χ1) is 12.9. The number of phenols is 1. The van der Waals surface area contributed by atoms with Gasteiger partial charge in [0.1, 0.15) is 23.0 Å². The number of benzene rings is 1. The first kappa shape index (κ1) is 17.9. The van der Waals surface area contributed by atoms with E-state index in [1.165, 1.54) is 0 Å². The molecule has 142 valence electrons. The molecule has 1 fully saturated rings. The van der Waals surface area contributed by atoms with Crippen LogP contribution in [-0.2, 0) is 11.2 Å². The minimum atomic E-state index is -0.837. The van der Waals surface area contributed by atoms with Crippen molar-refractivity contribution in [2.45, 2.75) is 19.4 Å². The molecule has 7 heteroatoms. The lowest BCUT2D eigenvalue weighted by atomic mass is 10.0. The molecular formula is C20H21F2N3O2. The Hall–Kier alpha value is -2.51. The number of ether oxygens (including phenoxy) is 1. The second-order valence-corrected chi connectivity index (χ2v) is 7.08. The predicted octanol–water partition coefficient (Wildman–Crippen LogP) is 3.17. The molecule has 1 unspecified atom stereocenters. The van der Waals surface area contributed by atoms with E-state index in [1.54, 1.807) is 0 Å². The van der Waals surface area contributed by atoms with Gasteiger partial charge in [-0.25, -0.2) is 13.8 Å². The first-order valence-electron chi connectivity index (χ1n) is 8.88. The summed E-state index contributed by atoms with van der Waals surface area (Å²) in [5.41, 5.74) is 2.33. The fourth-order valence-electron chi connectivity index (χ4n) is 3.58. The minimum absolute atomic E-state index is 0.0908. The van der Waals surface area contributed by atoms with Gasteiger partial charge in [-0.05, 0) is 31.7 Å². The molecule has 0 aliphatic carbocycles. The van der Waals surface area contributed by atoms with Crippen LogP contribution in [0.5, 0.6) is 5.75 Å². The van der Waals surface area contributed by atoms with Crippen molar-refractivity contribution in [2.75, 3.05) is 26.7 Å². The van der Waals surface area contributed by atoms with Crippen LogP contribution in [0.2, 0.25) is 0 Å². The number of morpholine rings is 1. The summed E-state index contributed by atoms with van der Waals surface area (Å²) in [6.07, 6.45) is 2.25. The van der Waals surface area contributed by atoms with E-state index in [-0.39, 0.29) is 17.4 Å². The van der Waals surface area contributed by atoms with Crippen molar-refractivity contribution in [1.29, 1.82) is 0 Å². The minimum Gasteiger partial charge on any atom is -0.508 e. The van der Waals surface area contributed by atoms with Crippen molar-refractivity contribution in [1.82, 2.24) is 14.3 Å². The molecule has 3 heterocycles. The number of fused-ring (bicyclic) bond motifs is 1. The standard InChI is InChI=1S/C20H21F2N3O2/c1-12-3-4-25-17(10-14-11-24(2)5-6-27-14)20(23-18(25)7-12)19-15(21)8-13(26)9-16(19)22/h3-4,7-9,14,26H,5-6,10-11H2,1-2H3. The van der Waals surface area contributed by atoms with Crippen LogP contribution in [0.1, 0.15) is 11.3 Å². The number of aromatic hydroxyl groups is 1. The Kier molecular flexibility index (Phi) is 4.57. The SMILES string of the molecule is Cc1ccn2c(CC3CN(C)CCO3)c(-c3c(F)cc(O)cc3F)nc2c1. The van der Waals surface area contributed by atoms with E-state index in [0.29, 0.717) is 24.4 Å². The lowest BCUT2D eigenvalue weighted by molar-refractivity contribution is -0.0190. The normalized spacial score (nSPS) is 18.3. The second kappa shape index (κ2) is 6.90. The van der Waals surface area contributed by atoms with Crippen LogP contribution in [0.4, 0.5) is 8.78 Å². The monoisotopic (exact) mass is 373 g/mol. The number of halogens is 2. The third-order valence-electron chi connectivity index (χ3n) is 4.91. The van der Waals surface area contributed by atoms with Gasteiger partial charge in [0, 0.05) is 37.8 Å². The molecule has 4 rings (SSSR count). The topological polar surface area (TPSA) is 50.0 Å². The number of imidazole rings is 1. The number of hydrogen-bond acceptors (Lipinski definition) is 4. The van der Waals surface area contributed by atoms with Crippen LogP contribution in [0.3, 0.4) is 0 Å². The molecule has 0 saturated carbocycles. The molecule has 0 spiro atoms. The lowest BCUT2D eigenvalue weighted by Crippen LogP contribution is -2.41. The number of pyridine rings is 1. The highest BCUT2D eigenvalue weighted by Crippen LogP contribution is 2.33. The lowest BCUT2D eigenvalue weighted by Gasteiger charge is -2.30. The summed E-state index contributed by atoms with van der Waals surface area (Å²) < 4.78 is 36.8. The van der Waals surface area contributed by atoms with Gasteiger partial charge in [0.2, 0.25) is 0 Å².